The van der Waals surface area contributed by atoms with Crippen LogP contribution < -0.4 is 5.73 Å². The number of rotatable bonds is 3. The van der Waals surface area contributed by atoms with Gasteiger partial charge in [-0.3, -0.25) is 9.48 Å². The molecule has 0 aromatic carbocycles. The van der Waals surface area contributed by atoms with Gasteiger partial charge >= 0.3 is 0 Å². The van der Waals surface area contributed by atoms with E-state index in [-0.39, 0.29) is 17.3 Å². The molecule has 2 N–H and O–H groups in total. The molecule has 3 heterocycles. The molecule has 9 nitrogen and oxygen atoms in total. The van der Waals surface area contributed by atoms with Crippen molar-refractivity contribution < 1.29 is 13.2 Å². The summed E-state index contributed by atoms with van der Waals surface area (Å²) in [7, 11) is -2.00. The van der Waals surface area contributed by atoms with Gasteiger partial charge < -0.3 is 5.73 Å². The highest BCUT2D eigenvalue weighted by Crippen LogP contribution is 2.27. The summed E-state index contributed by atoms with van der Waals surface area (Å²) in [6.45, 7) is 3.79. The average Bonchev–Trinajstić information content (AvgIpc) is 2.79. The van der Waals surface area contributed by atoms with E-state index >= 15 is 0 Å². The Morgan fingerprint density at radius 2 is 2.04 bits per heavy atom. The summed E-state index contributed by atoms with van der Waals surface area (Å²) in [4.78, 5) is 19.5. The van der Waals surface area contributed by atoms with Crippen molar-refractivity contribution in [2.45, 2.75) is 31.7 Å². The van der Waals surface area contributed by atoms with E-state index in [1.54, 1.807) is 25.6 Å². The molecule has 0 aliphatic carbocycles. The molecular weight excluding hydrogens is 332 g/mol. The summed E-state index contributed by atoms with van der Waals surface area (Å²) >= 11 is 0. The maximum Gasteiger partial charge on any atom is 0.286 e. The molecule has 0 atom stereocenters. The summed E-state index contributed by atoms with van der Waals surface area (Å²) in [5.41, 5.74) is 7.57. The van der Waals surface area contributed by atoms with Crippen molar-refractivity contribution in [3.05, 3.63) is 34.7 Å². The van der Waals surface area contributed by atoms with E-state index in [0.717, 1.165) is 5.56 Å². The molecule has 1 aliphatic rings. The van der Waals surface area contributed by atoms with E-state index in [9.17, 15) is 13.2 Å². The Hall–Kier alpha value is -2.33. The smallest absolute Gasteiger partial charge is 0.286 e. The summed E-state index contributed by atoms with van der Waals surface area (Å²) in [5, 5.41) is 4.18. The topological polar surface area (TPSA) is 124 Å². The van der Waals surface area contributed by atoms with Gasteiger partial charge in [-0.15, -0.1) is 0 Å². The standard InChI is InChI=1S/C14H18N6O3S/c1-8-12(9(2)19(3)18-8)24(22,23)20-5-4-10-6-16-14(13(15)21)17-11(10)7-20/h6H,4-5,7H2,1-3H3,(H2,15,21). The van der Waals surface area contributed by atoms with Gasteiger partial charge in [-0.25, -0.2) is 18.4 Å². The third kappa shape index (κ3) is 2.57. The lowest BCUT2D eigenvalue weighted by Crippen LogP contribution is -2.37. The Morgan fingerprint density at radius 1 is 1.33 bits per heavy atom. The molecule has 0 radical (unpaired) electrons. The van der Waals surface area contributed by atoms with E-state index in [4.69, 9.17) is 5.73 Å². The van der Waals surface area contributed by atoms with Crippen LogP contribution in [0.4, 0.5) is 0 Å². The van der Waals surface area contributed by atoms with Crippen LogP contribution in [0.1, 0.15) is 33.3 Å². The minimum Gasteiger partial charge on any atom is -0.363 e. The van der Waals surface area contributed by atoms with E-state index < -0.39 is 15.9 Å². The van der Waals surface area contributed by atoms with Crippen molar-refractivity contribution in [3.63, 3.8) is 0 Å². The van der Waals surface area contributed by atoms with Gasteiger partial charge in [0.2, 0.25) is 15.8 Å². The maximum absolute atomic E-state index is 13.0. The number of sulfonamides is 1. The first kappa shape index (κ1) is 16.5. The molecule has 0 fully saturated rings. The minimum absolute atomic E-state index is 0.0776. The van der Waals surface area contributed by atoms with Crippen LogP contribution in [0.3, 0.4) is 0 Å². The van der Waals surface area contributed by atoms with Gasteiger partial charge in [0.1, 0.15) is 4.90 Å². The predicted molar refractivity (Wildman–Crippen MR) is 84.5 cm³/mol. The lowest BCUT2D eigenvalue weighted by Gasteiger charge is -2.27. The lowest BCUT2D eigenvalue weighted by atomic mass is 10.1. The molecule has 0 saturated carbocycles. The minimum atomic E-state index is -3.70. The monoisotopic (exact) mass is 350 g/mol. The second kappa shape index (κ2) is 5.64. The Bertz CT molecular complexity index is 934. The molecule has 1 aliphatic heterocycles. The Morgan fingerprint density at radius 3 is 2.62 bits per heavy atom. The molecule has 0 saturated heterocycles. The number of nitrogens with zero attached hydrogens (tertiary/aromatic N) is 5. The summed E-state index contributed by atoms with van der Waals surface area (Å²) < 4.78 is 28.9. The number of carbonyl (C=O) groups excluding carboxylic acids is 1. The summed E-state index contributed by atoms with van der Waals surface area (Å²) in [5.74, 6) is -0.849. The summed E-state index contributed by atoms with van der Waals surface area (Å²) in [6.07, 6.45) is 2.01. The first-order valence-electron chi connectivity index (χ1n) is 7.36. The highest BCUT2D eigenvalue weighted by atomic mass is 32.2. The summed E-state index contributed by atoms with van der Waals surface area (Å²) in [6, 6.07) is 0. The number of primary amides is 1. The van der Waals surface area contributed by atoms with Gasteiger partial charge in [0, 0.05) is 19.8 Å². The predicted octanol–water partition coefficient (Wildman–Crippen LogP) is -0.327. The first-order valence-corrected chi connectivity index (χ1v) is 8.80. The van der Waals surface area contributed by atoms with Crippen molar-refractivity contribution in [1.29, 1.82) is 0 Å². The number of amides is 1. The first-order chi connectivity index (χ1) is 11.2. The van der Waals surface area contributed by atoms with E-state index in [2.05, 4.69) is 15.1 Å². The molecule has 1 amide bonds. The van der Waals surface area contributed by atoms with Crippen molar-refractivity contribution in [1.82, 2.24) is 24.1 Å². The molecule has 0 bridgehead atoms. The van der Waals surface area contributed by atoms with Gasteiger partial charge in [0.15, 0.2) is 0 Å². The Kier molecular flexibility index (Phi) is 3.88. The second-order valence-electron chi connectivity index (χ2n) is 5.74. The number of aryl methyl sites for hydroxylation is 2. The fourth-order valence-corrected chi connectivity index (χ4v) is 4.66. The van der Waals surface area contributed by atoms with Crippen LogP contribution in [0.25, 0.3) is 0 Å². The van der Waals surface area contributed by atoms with Crippen LogP contribution in [0.5, 0.6) is 0 Å². The van der Waals surface area contributed by atoms with E-state index in [1.807, 2.05) is 0 Å². The van der Waals surface area contributed by atoms with E-state index in [1.165, 1.54) is 10.5 Å². The number of carbonyl (C=O) groups is 1. The van der Waals surface area contributed by atoms with Gasteiger partial charge in [-0.05, 0) is 25.8 Å². The molecule has 10 heteroatoms. The normalized spacial score (nSPS) is 15.3. The van der Waals surface area contributed by atoms with Gasteiger partial charge in [0.05, 0.1) is 23.6 Å². The van der Waals surface area contributed by atoms with Crippen LogP contribution in [-0.4, -0.2) is 44.9 Å². The fraction of sp³-hybridized carbons (Fsp3) is 0.429. The largest absolute Gasteiger partial charge is 0.363 e. The van der Waals surface area contributed by atoms with Gasteiger partial charge in [-0.1, -0.05) is 0 Å². The molecule has 128 valence electrons. The Balaban J connectivity index is 2.00. The number of aromatic nitrogens is 4. The number of hydrogen-bond acceptors (Lipinski definition) is 6. The third-order valence-electron chi connectivity index (χ3n) is 4.17. The van der Waals surface area contributed by atoms with Crippen molar-refractivity contribution in [2.24, 2.45) is 12.8 Å². The number of hydrogen-bond donors (Lipinski definition) is 1. The number of nitrogens with two attached hydrogens (primary N) is 1. The third-order valence-corrected chi connectivity index (χ3v) is 6.27. The van der Waals surface area contributed by atoms with Gasteiger partial charge in [-0.2, -0.15) is 9.40 Å². The molecule has 3 rings (SSSR count). The van der Waals surface area contributed by atoms with Crippen LogP contribution in [0.15, 0.2) is 11.1 Å². The average molecular weight is 350 g/mol. The molecule has 24 heavy (non-hydrogen) atoms. The van der Waals surface area contributed by atoms with Gasteiger partial charge in [0.25, 0.3) is 5.91 Å². The number of fused-ring (bicyclic) bond motifs is 1. The molecule has 0 spiro atoms. The Labute approximate surface area is 139 Å². The highest BCUT2D eigenvalue weighted by molar-refractivity contribution is 7.89. The van der Waals surface area contributed by atoms with Crippen LogP contribution in [0.2, 0.25) is 0 Å². The zero-order valence-corrected chi connectivity index (χ0v) is 14.5. The molecule has 0 unspecified atom stereocenters. The van der Waals surface area contributed by atoms with Crippen molar-refractivity contribution in [2.75, 3.05) is 6.54 Å². The molecular formula is C14H18N6O3S. The lowest BCUT2D eigenvalue weighted by molar-refractivity contribution is 0.0990. The molecule has 2 aromatic rings. The SMILES string of the molecule is Cc1nn(C)c(C)c1S(=O)(=O)N1CCc2cnc(C(N)=O)nc2C1. The molecule has 2 aromatic heterocycles. The zero-order chi connectivity index (χ0) is 17.6. The fourth-order valence-electron chi connectivity index (χ4n) is 2.86. The van der Waals surface area contributed by atoms with Crippen LogP contribution >= 0.6 is 0 Å². The second-order valence-corrected chi connectivity index (χ2v) is 7.62. The van der Waals surface area contributed by atoms with Crippen molar-refractivity contribution >= 4 is 15.9 Å². The van der Waals surface area contributed by atoms with Crippen LogP contribution in [0, 0.1) is 13.8 Å². The maximum atomic E-state index is 13.0. The highest BCUT2D eigenvalue weighted by Gasteiger charge is 2.33. The van der Waals surface area contributed by atoms with Crippen molar-refractivity contribution in [3.8, 4) is 0 Å². The quantitative estimate of drug-likeness (QED) is 0.808. The van der Waals surface area contributed by atoms with E-state index in [0.29, 0.717) is 30.0 Å². The van der Waals surface area contributed by atoms with Crippen LogP contribution in [-0.2, 0) is 30.0 Å². The zero-order valence-electron chi connectivity index (χ0n) is 13.6.